The lowest BCUT2D eigenvalue weighted by molar-refractivity contribution is 0.0746. The van der Waals surface area contributed by atoms with Crippen LogP contribution in [0.1, 0.15) is 23.2 Å². The van der Waals surface area contributed by atoms with Crippen LogP contribution in [0.5, 0.6) is 0 Å². The maximum atomic E-state index is 13.2. The number of aromatic nitrogens is 2. The van der Waals surface area contributed by atoms with E-state index in [1.54, 1.807) is 11.2 Å². The summed E-state index contributed by atoms with van der Waals surface area (Å²) in [6.07, 6.45) is 3.55. The van der Waals surface area contributed by atoms with E-state index >= 15 is 0 Å². The van der Waals surface area contributed by atoms with Crippen molar-refractivity contribution in [2.45, 2.75) is 18.9 Å². The highest BCUT2D eigenvalue weighted by atomic mass is 35.5. The summed E-state index contributed by atoms with van der Waals surface area (Å²) in [4.78, 5) is 27.5. The summed E-state index contributed by atoms with van der Waals surface area (Å²) in [6, 6.07) is 5.88. The molecule has 0 bridgehead atoms. The zero-order chi connectivity index (χ0) is 20.4. The number of aliphatic hydroxyl groups is 1. The van der Waals surface area contributed by atoms with Crippen molar-refractivity contribution in [1.29, 1.82) is 0 Å². The fourth-order valence-corrected chi connectivity index (χ4v) is 4.21. The van der Waals surface area contributed by atoms with Crippen molar-refractivity contribution >= 4 is 29.1 Å². The molecule has 1 atom stereocenters. The number of nitrogens with zero attached hydrogens (tertiary/aromatic N) is 5. The molecule has 2 aliphatic heterocycles. The van der Waals surface area contributed by atoms with E-state index in [-0.39, 0.29) is 23.6 Å². The van der Waals surface area contributed by atoms with E-state index in [9.17, 15) is 14.3 Å². The highest BCUT2D eigenvalue weighted by Gasteiger charge is 2.27. The second-order valence-electron chi connectivity index (χ2n) is 7.31. The first kappa shape index (κ1) is 19.8. The molecule has 0 radical (unpaired) electrons. The number of anilines is 2. The Morgan fingerprint density at radius 1 is 1.14 bits per heavy atom. The van der Waals surface area contributed by atoms with E-state index in [4.69, 9.17) is 11.6 Å². The quantitative estimate of drug-likeness (QED) is 0.819. The number of hydrogen-bond donors (Lipinski definition) is 1. The summed E-state index contributed by atoms with van der Waals surface area (Å²) in [5.41, 5.74) is 0.315. The van der Waals surface area contributed by atoms with Gasteiger partial charge in [-0.15, -0.1) is 0 Å². The summed E-state index contributed by atoms with van der Waals surface area (Å²) in [6.45, 7) is 3.30. The Balaban J connectivity index is 1.42. The number of halogens is 2. The third kappa shape index (κ3) is 4.13. The van der Waals surface area contributed by atoms with Gasteiger partial charge in [0.05, 0.1) is 23.2 Å². The Hall–Kier alpha value is -2.45. The average Bonchev–Trinajstić information content (AvgIpc) is 3.22. The van der Waals surface area contributed by atoms with E-state index in [0.29, 0.717) is 31.7 Å². The van der Waals surface area contributed by atoms with E-state index in [1.165, 1.54) is 12.1 Å². The van der Waals surface area contributed by atoms with Crippen molar-refractivity contribution < 1.29 is 14.3 Å². The molecule has 9 heteroatoms. The van der Waals surface area contributed by atoms with Crippen molar-refractivity contribution in [3.63, 3.8) is 0 Å². The number of hydrogen-bond acceptors (Lipinski definition) is 6. The molecule has 1 amide bonds. The molecule has 1 aromatic heterocycles. The molecule has 0 saturated carbocycles. The van der Waals surface area contributed by atoms with Gasteiger partial charge < -0.3 is 19.8 Å². The number of carbonyl (C=O) groups excluding carboxylic acids is 1. The largest absolute Gasteiger partial charge is 0.394 e. The number of aliphatic hydroxyl groups excluding tert-OH is 1. The number of carbonyl (C=O) groups is 1. The molecule has 2 fully saturated rings. The van der Waals surface area contributed by atoms with Crippen molar-refractivity contribution in [1.82, 2.24) is 14.9 Å². The molecule has 1 unspecified atom stereocenters. The molecule has 0 spiro atoms. The number of rotatable bonds is 4. The third-order valence-corrected chi connectivity index (χ3v) is 5.89. The van der Waals surface area contributed by atoms with Crippen LogP contribution in [0.2, 0.25) is 5.02 Å². The zero-order valence-corrected chi connectivity index (χ0v) is 16.7. The molecule has 154 valence electrons. The van der Waals surface area contributed by atoms with Gasteiger partial charge in [-0.1, -0.05) is 11.6 Å². The Labute approximate surface area is 173 Å². The van der Waals surface area contributed by atoms with Gasteiger partial charge in [0.1, 0.15) is 23.8 Å². The van der Waals surface area contributed by atoms with Crippen LogP contribution >= 0.6 is 11.6 Å². The minimum absolute atomic E-state index is 0.104. The normalized spacial score (nSPS) is 19.7. The molecule has 1 aromatic carbocycles. The van der Waals surface area contributed by atoms with Crippen LogP contribution in [-0.4, -0.2) is 71.3 Å². The topological polar surface area (TPSA) is 72.8 Å². The molecule has 29 heavy (non-hydrogen) atoms. The third-order valence-electron chi connectivity index (χ3n) is 5.57. The highest BCUT2D eigenvalue weighted by Crippen LogP contribution is 2.26. The summed E-state index contributed by atoms with van der Waals surface area (Å²) in [7, 11) is 0. The van der Waals surface area contributed by atoms with Crippen LogP contribution in [0, 0.1) is 5.82 Å². The second-order valence-corrected chi connectivity index (χ2v) is 7.72. The number of amides is 1. The smallest absolute Gasteiger partial charge is 0.255 e. The van der Waals surface area contributed by atoms with E-state index < -0.39 is 5.82 Å². The van der Waals surface area contributed by atoms with Gasteiger partial charge in [0.15, 0.2) is 0 Å². The molecule has 7 nitrogen and oxygen atoms in total. The number of piperazine rings is 1. The maximum Gasteiger partial charge on any atom is 0.255 e. The first-order chi connectivity index (χ1) is 14.1. The zero-order valence-electron chi connectivity index (χ0n) is 16.0. The minimum Gasteiger partial charge on any atom is -0.394 e. The van der Waals surface area contributed by atoms with Gasteiger partial charge in [0.2, 0.25) is 0 Å². The first-order valence-electron chi connectivity index (χ1n) is 9.75. The van der Waals surface area contributed by atoms with Gasteiger partial charge in [0.25, 0.3) is 5.91 Å². The minimum atomic E-state index is -0.461. The molecular formula is C20H23ClFN5O2. The maximum absolute atomic E-state index is 13.2. The monoisotopic (exact) mass is 419 g/mol. The van der Waals surface area contributed by atoms with E-state index in [1.807, 2.05) is 6.07 Å². The molecule has 2 aromatic rings. The predicted molar refractivity (Wildman–Crippen MR) is 109 cm³/mol. The fourth-order valence-electron chi connectivity index (χ4n) is 3.97. The lowest BCUT2D eigenvalue weighted by Crippen LogP contribution is -2.49. The Morgan fingerprint density at radius 3 is 2.62 bits per heavy atom. The van der Waals surface area contributed by atoms with Crippen molar-refractivity contribution in [3.05, 3.63) is 47.0 Å². The van der Waals surface area contributed by atoms with E-state index in [2.05, 4.69) is 19.8 Å². The lowest BCUT2D eigenvalue weighted by atomic mass is 10.1. The van der Waals surface area contributed by atoms with Gasteiger partial charge in [-0.3, -0.25) is 4.79 Å². The Bertz CT molecular complexity index is 891. The summed E-state index contributed by atoms with van der Waals surface area (Å²) < 4.78 is 13.2. The van der Waals surface area contributed by atoms with Crippen molar-refractivity contribution in [3.8, 4) is 0 Å². The summed E-state index contributed by atoms with van der Waals surface area (Å²) in [5, 5.41) is 9.69. The molecule has 2 saturated heterocycles. The van der Waals surface area contributed by atoms with Crippen LogP contribution in [0.25, 0.3) is 0 Å². The SMILES string of the molecule is O=C(c1ccc(F)cc1Cl)N1CCN(c2cc(N3CCCC3CO)ncn2)CC1. The van der Waals surface area contributed by atoms with Crippen LogP contribution in [0.4, 0.5) is 16.0 Å². The van der Waals surface area contributed by atoms with Gasteiger partial charge in [-0.25, -0.2) is 14.4 Å². The van der Waals surface area contributed by atoms with Gasteiger partial charge >= 0.3 is 0 Å². The summed E-state index contributed by atoms with van der Waals surface area (Å²) in [5.74, 6) is 0.979. The molecule has 1 N–H and O–H groups in total. The van der Waals surface area contributed by atoms with Crippen LogP contribution in [0.3, 0.4) is 0 Å². The van der Waals surface area contributed by atoms with Crippen LogP contribution in [0.15, 0.2) is 30.6 Å². The molecule has 0 aliphatic carbocycles. The average molecular weight is 420 g/mol. The second kappa shape index (κ2) is 8.51. The standard InChI is InChI=1S/C20H23ClFN5O2/c21-17-10-14(22)3-4-16(17)20(29)26-8-6-25(7-9-26)18-11-19(24-13-23-18)27-5-1-2-15(27)12-28/h3-4,10-11,13,15,28H,1-2,5-9,12H2. The van der Waals surface area contributed by atoms with Crippen LogP contribution < -0.4 is 9.80 Å². The molecule has 4 rings (SSSR count). The van der Waals surface area contributed by atoms with Gasteiger partial charge in [0, 0.05) is 38.8 Å². The van der Waals surface area contributed by atoms with Crippen molar-refractivity contribution in [2.24, 2.45) is 0 Å². The summed E-state index contributed by atoms with van der Waals surface area (Å²) >= 11 is 6.03. The van der Waals surface area contributed by atoms with E-state index in [0.717, 1.165) is 37.1 Å². The highest BCUT2D eigenvalue weighted by molar-refractivity contribution is 6.33. The number of benzene rings is 1. The van der Waals surface area contributed by atoms with Gasteiger partial charge in [-0.2, -0.15) is 0 Å². The molecule has 3 heterocycles. The lowest BCUT2D eigenvalue weighted by Gasteiger charge is -2.36. The first-order valence-corrected chi connectivity index (χ1v) is 10.1. The Morgan fingerprint density at radius 2 is 1.90 bits per heavy atom. The fraction of sp³-hybridized carbons (Fsp3) is 0.450. The van der Waals surface area contributed by atoms with Crippen molar-refractivity contribution in [2.75, 3.05) is 49.1 Å². The Kier molecular flexibility index (Phi) is 5.82. The van der Waals surface area contributed by atoms with Gasteiger partial charge in [-0.05, 0) is 31.0 Å². The predicted octanol–water partition coefficient (Wildman–Crippen LogP) is 2.19. The van der Waals surface area contributed by atoms with Crippen LogP contribution in [-0.2, 0) is 0 Å². The molecular weight excluding hydrogens is 397 g/mol. The molecule has 2 aliphatic rings.